The Morgan fingerprint density at radius 3 is 2.45 bits per heavy atom. The zero-order valence-electron chi connectivity index (χ0n) is 11.9. The van der Waals surface area contributed by atoms with Crippen molar-refractivity contribution >= 4 is 11.8 Å². The number of hydrogen-bond acceptors (Lipinski definition) is 1. The topological polar surface area (TPSA) is 12.0 Å². The van der Waals surface area contributed by atoms with Crippen LogP contribution >= 0.6 is 0 Å². The molecule has 0 bridgehead atoms. The van der Waals surface area contributed by atoms with E-state index in [0.717, 1.165) is 12.1 Å². The summed E-state index contributed by atoms with van der Waals surface area (Å²) in [5, 5.41) is 3.63. The highest BCUT2D eigenvalue weighted by atomic mass is 14.9. The van der Waals surface area contributed by atoms with Gasteiger partial charge in [-0.05, 0) is 30.5 Å². The average Bonchev–Trinajstić information content (AvgIpc) is 2.50. The number of para-hydroxylation sites is 1. The number of allylic oxidation sites excluding steroid dienone is 1. The summed E-state index contributed by atoms with van der Waals surface area (Å²) in [4.78, 5) is 0. The van der Waals surface area contributed by atoms with Crippen LogP contribution < -0.4 is 5.32 Å². The van der Waals surface area contributed by atoms with Crippen LogP contribution in [0.1, 0.15) is 30.5 Å². The van der Waals surface area contributed by atoms with Crippen molar-refractivity contribution in [2.75, 3.05) is 5.32 Å². The number of hydrogen-bond donors (Lipinski definition) is 1. The maximum atomic E-state index is 3.87. The van der Waals surface area contributed by atoms with Gasteiger partial charge >= 0.3 is 0 Å². The van der Waals surface area contributed by atoms with Crippen LogP contribution in [0, 0.1) is 0 Å². The van der Waals surface area contributed by atoms with Gasteiger partial charge in [-0.25, -0.2) is 0 Å². The summed E-state index contributed by atoms with van der Waals surface area (Å²) in [5.74, 6) is 0. The molecule has 0 spiro atoms. The normalized spacial score (nSPS) is 12.2. The van der Waals surface area contributed by atoms with Crippen LogP contribution in [0.2, 0.25) is 0 Å². The van der Waals surface area contributed by atoms with E-state index in [4.69, 9.17) is 0 Å². The molecule has 0 aliphatic heterocycles. The molecule has 1 heteroatoms. The molecule has 0 heterocycles. The van der Waals surface area contributed by atoms with Gasteiger partial charge in [0, 0.05) is 5.69 Å². The van der Waals surface area contributed by atoms with Gasteiger partial charge in [-0.3, -0.25) is 0 Å². The predicted octanol–water partition coefficient (Wildman–Crippen LogP) is 5.45. The smallest absolute Gasteiger partial charge is 0.0548 e. The molecule has 1 nitrogen and oxygen atoms in total. The summed E-state index contributed by atoms with van der Waals surface area (Å²) in [6.45, 7) is 5.91. The maximum absolute atomic E-state index is 3.87. The molecule has 20 heavy (non-hydrogen) atoms. The summed E-state index contributed by atoms with van der Waals surface area (Å²) in [6, 6.07) is 19.1. The summed E-state index contributed by atoms with van der Waals surface area (Å²) in [5.41, 5.74) is 3.64. The fraction of sp³-hybridized carbons (Fsp3) is 0.158. The second-order valence-corrected chi connectivity index (χ2v) is 4.72. The molecule has 0 radical (unpaired) electrons. The van der Waals surface area contributed by atoms with Gasteiger partial charge in [0.25, 0.3) is 0 Å². The lowest BCUT2D eigenvalue weighted by molar-refractivity contribution is 0.799. The van der Waals surface area contributed by atoms with Crippen LogP contribution in [0.25, 0.3) is 6.08 Å². The quantitative estimate of drug-likeness (QED) is 0.683. The molecule has 0 amide bonds. The minimum atomic E-state index is 0.250. The van der Waals surface area contributed by atoms with Gasteiger partial charge in [-0.15, -0.1) is 6.58 Å². The van der Waals surface area contributed by atoms with E-state index in [1.807, 2.05) is 19.1 Å². The summed E-state index contributed by atoms with van der Waals surface area (Å²) in [6.07, 6.45) is 7.04. The monoisotopic (exact) mass is 263 g/mol. The first-order valence-corrected chi connectivity index (χ1v) is 6.99. The molecular formula is C19H21N. The molecule has 0 fully saturated rings. The van der Waals surface area contributed by atoms with Crippen LogP contribution in [0.4, 0.5) is 5.69 Å². The van der Waals surface area contributed by atoms with Gasteiger partial charge in [0.2, 0.25) is 0 Å². The standard InChI is InChI=1S/C19H21N/c1-3-10-16-14-8-9-15-19(16)20-18(11-4-2)17-12-6-5-7-13-17/h3-10,12-15,18,20H,2,11H2,1H3/b10-3+. The third kappa shape index (κ3) is 3.61. The number of nitrogens with one attached hydrogen (secondary N) is 1. The molecule has 1 atom stereocenters. The second kappa shape index (κ2) is 7.34. The van der Waals surface area contributed by atoms with Crippen molar-refractivity contribution in [3.8, 4) is 0 Å². The number of benzene rings is 2. The highest BCUT2D eigenvalue weighted by Crippen LogP contribution is 2.26. The lowest BCUT2D eigenvalue weighted by Crippen LogP contribution is -2.10. The van der Waals surface area contributed by atoms with Crippen LogP contribution in [0.15, 0.2) is 73.3 Å². The van der Waals surface area contributed by atoms with Crippen LogP contribution in [-0.2, 0) is 0 Å². The third-order valence-corrected chi connectivity index (χ3v) is 3.24. The molecule has 0 aliphatic carbocycles. The lowest BCUT2D eigenvalue weighted by atomic mass is 10.0. The Balaban J connectivity index is 2.27. The summed E-state index contributed by atoms with van der Waals surface area (Å²) in [7, 11) is 0. The van der Waals surface area contributed by atoms with Crippen molar-refractivity contribution in [3.63, 3.8) is 0 Å². The van der Waals surface area contributed by atoms with Gasteiger partial charge in [-0.2, -0.15) is 0 Å². The van der Waals surface area contributed by atoms with Crippen molar-refractivity contribution in [2.24, 2.45) is 0 Å². The van der Waals surface area contributed by atoms with Gasteiger partial charge in [0.1, 0.15) is 0 Å². The Morgan fingerprint density at radius 2 is 1.75 bits per heavy atom. The van der Waals surface area contributed by atoms with E-state index in [9.17, 15) is 0 Å². The van der Waals surface area contributed by atoms with E-state index < -0.39 is 0 Å². The van der Waals surface area contributed by atoms with Crippen molar-refractivity contribution < 1.29 is 0 Å². The molecule has 2 aromatic carbocycles. The highest BCUT2D eigenvalue weighted by molar-refractivity contribution is 5.66. The maximum Gasteiger partial charge on any atom is 0.0548 e. The van der Waals surface area contributed by atoms with E-state index in [2.05, 4.69) is 72.6 Å². The molecule has 0 aliphatic rings. The Labute approximate surface area is 121 Å². The molecule has 102 valence electrons. The highest BCUT2D eigenvalue weighted by Gasteiger charge is 2.10. The molecule has 2 aromatic rings. The molecule has 1 unspecified atom stereocenters. The molecule has 0 saturated heterocycles. The molecule has 2 rings (SSSR count). The first-order chi connectivity index (χ1) is 9.85. The van der Waals surface area contributed by atoms with Crippen molar-refractivity contribution in [3.05, 3.63) is 84.5 Å². The molecular weight excluding hydrogens is 242 g/mol. The van der Waals surface area contributed by atoms with Crippen LogP contribution in [-0.4, -0.2) is 0 Å². The zero-order chi connectivity index (χ0) is 14.2. The summed E-state index contributed by atoms with van der Waals surface area (Å²) >= 11 is 0. The van der Waals surface area contributed by atoms with Crippen molar-refractivity contribution in [1.29, 1.82) is 0 Å². The minimum Gasteiger partial charge on any atom is -0.377 e. The lowest BCUT2D eigenvalue weighted by Gasteiger charge is -2.20. The Morgan fingerprint density at radius 1 is 1.05 bits per heavy atom. The number of rotatable bonds is 6. The first-order valence-electron chi connectivity index (χ1n) is 6.99. The Bertz CT molecular complexity index is 569. The Hall–Kier alpha value is -2.28. The van der Waals surface area contributed by atoms with Gasteiger partial charge in [0.15, 0.2) is 0 Å². The van der Waals surface area contributed by atoms with Gasteiger partial charge in [-0.1, -0.05) is 66.8 Å². The van der Waals surface area contributed by atoms with E-state index in [1.54, 1.807) is 0 Å². The zero-order valence-corrected chi connectivity index (χ0v) is 11.9. The van der Waals surface area contributed by atoms with Crippen LogP contribution in [0.5, 0.6) is 0 Å². The molecule has 0 saturated carbocycles. The minimum absolute atomic E-state index is 0.250. The fourth-order valence-electron chi connectivity index (χ4n) is 2.27. The van der Waals surface area contributed by atoms with Crippen LogP contribution in [0.3, 0.4) is 0 Å². The largest absolute Gasteiger partial charge is 0.377 e. The van der Waals surface area contributed by atoms with Crippen molar-refractivity contribution in [1.82, 2.24) is 0 Å². The van der Waals surface area contributed by atoms with Gasteiger partial charge < -0.3 is 5.32 Å². The van der Waals surface area contributed by atoms with E-state index >= 15 is 0 Å². The van der Waals surface area contributed by atoms with E-state index in [0.29, 0.717) is 0 Å². The average molecular weight is 263 g/mol. The molecule has 1 N–H and O–H groups in total. The van der Waals surface area contributed by atoms with E-state index in [1.165, 1.54) is 11.1 Å². The molecule has 0 aromatic heterocycles. The third-order valence-electron chi connectivity index (χ3n) is 3.24. The fourth-order valence-corrected chi connectivity index (χ4v) is 2.27. The predicted molar refractivity (Wildman–Crippen MR) is 88.8 cm³/mol. The SMILES string of the molecule is C=CCC(Nc1ccccc1/C=C/C)c1ccccc1. The van der Waals surface area contributed by atoms with Gasteiger partial charge in [0.05, 0.1) is 6.04 Å². The Kier molecular flexibility index (Phi) is 5.19. The van der Waals surface area contributed by atoms with Crippen molar-refractivity contribution in [2.45, 2.75) is 19.4 Å². The van der Waals surface area contributed by atoms with E-state index in [-0.39, 0.29) is 6.04 Å². The first kappa shape index (κ1) is 14.1. The second-order valence-electron chi connectivity index (χ2n) is 4.72. The summed E-state index contributed by atoms with van der Waals surface area (Å²) < 4.78 is 0. The number of anilines is 1.